The zero-order chi connectivity index (χ0) is 14.5. The van der Waals surface area contributed by atoms with Crippen molar-refractivity contribution in [1.82, 2.24) is 10.2 Å². The quantitative estimate of drug-likeness (QED) is 0.902. The number of benzene rings is 1. The first-order valence-corrected chi connectivity index (χ1v) is 8.39. The van der Waals surface area contributed by atoms with E-state index in [2.05, 4.69) is 29.6 Å². The van der Waals surface area contributed by atoms with Crippen LogP contribution in [0.5, 0.6) is 0 Å². The highest BCUT2D eigenvalue weighted by molar-refractivity contribution is 5.83. The molecule has 1 heterocycles. The highest BCUT2D eigenvalue weighted by atomic mass is 16.2. The molecule has 1 aromatic carbocycles. The van der Waals surface area contributed by atoms with E-state index in [1.54, 1.807) is 0 Å². The van der Waals surface area contributed by atoms with Gasteiger partial charge in [0.05, 0.1) is 12.7 Å². The van der Waals surface area contributed by atoms with Crippen LogP contribution >= 0.6 is 0 Å². The highest BCUT2D eigenvalue weighted by Crippen LogP contribution is 2.25. The number of carbonyl (C=O) groups excluding carboxylic acids is 1. The van der Waals surface area contributed by atoms with Gasteiger partial charge < -0.3 is 4.90 Å². The highest BCUT2D eigenvalue weighted by Gasteiger charge is 2.32. The van der Waals surface area contributed by atoms with E-state index >= 15 is 0 Å². The zero-order valence-corrected chi connectivity index (χ0v) is 12.8. The van der Waals surface area contributed by atoms with Crippen molar-refractivity contribution in [3.05, 3.63) is 35.9 Å². The fourth-order valence-corrected chi connectivity index (χ4v) is 3.62. The van der Waals surface area contributed by atoms with Crippen LogP contribution in [0.4, 0.5) is 0 Å². The van der Waals surface area contributed by atoms with Crippen LogP contribution < -0.4 is 5.32 Å². The molecule has 3 rings (SSSR count). The van der Waals surface area contributed by atoms with E-state index in [0.29, 0.717) is 5.91 Å². The molecule has 3 nitrogen and oxygen atoms in total. The SMILES string of the molecule is O=C1C(CCc2ccccc2)NCN1CC1CCCCC1. The van der Waals surface area contributed by atoms with Gasteiger partial charge in [0.15, 0.2) is 0 Å². The van der Waals surface area contributed by atoms with Crippen LogP contribution in [0.15, 0.2) is 30.3 Å². The maximum Gasteiger partial charge on any atom is 0.240 e. The number of hydrogen-bond donors (Lipinski definition) is 1. The summed E-state index contributed by atoms with van der Waals surface area (Å²) in [6.45, 7) is 1.71. The molecule has 1 aliphatic carbocycles. The molecule has 2 fully saturated rings. The third kappa shape index (κ3) is 3.85. The van der Waals surface area contributed by atoms with Gasteiger partial charge in [0.1, 0.15) is 0 Å². The molecule has 1 unspecified atom stereocenters. The predicted molar refractivity (Wildman–Crippen MR) is 84.8 cm³/mol. The summed E-state index contributed by atoms with van der Waals surface area (Å²) in [7, 11) is 0. The van der Waals surface area contributed by atoms with Crippen molar-refractivity contribution in [2.75, 3.05) is 13.2 Å². The molecule has 1 aromatic rings. The lowest BCUT2D eigenvalue weighted by Gasteiger charge is -2.26. The smallest absolute Gasteiger partial charge is 0.240 e. The molecule has 2 aliphatic rings. The summed E-state index contributed by atoms with van der Waals surface area (Å²) in [5.41, 5.74) is 1.32. The first-order chi connectivity index (χ1) is 10.3. The number of carbonyl (C=O) groups is 1. The normalized spacial score (nSPS) is 23.7. The summed E-state index contributed by atoms with van der Waals surface area (Å²) in [5.74, 6) is 1.05. The number of nitrogens with one attached hydrogen (secondary N) is 1. The summed E-state index contributed by atoms with van der Waals surface area (Å²) in [6.07, 6.45) is 8.56. The van der Waals surface area contributed by atoms with Gasteiger partial charge in [-0.25, -0.2) is 0 Å². The van der Waals surface area contributed by atoms with Gasteiger partial charge in [0.25, 0.3) is 0 Å². The molecule has 3 heteroatoms. The number of aryl methyl sites for hydroxylation is 1. The molecular formula is C18H26N2O. The molecule has 1 atom stereocenters. The Bertz CT molecular complexity index is 454. The minimum atomic E-state index is 0.0220. The van der Waals surface area contributed by atoms with E-state index in [1.807, 2.05) is 11.0 Å². The van der Waals surface area contributed by atoms with Crippen LogP contribution in [0, 0.1) is 5.92 Å². The molecule has 0 spiro atoms. The maximum absolute atomic E-state index is 12.5. The van der Waals surface area contributed by atoms with Crippen LogP contribution in [0.2, 0.25) is 0 Å². The second-order valence-electron chi connectivity index (χ2n) is 6.50. The molecule has 0 aromatic heterocycles. The summed E-state index contributed by atoms with van der Waals surface area (Å²) in [4.78, 5) is 14.5. The van der Waals surface area contributed by atoms with Gasteiger partial charge in [-0.15, -0.1) is 0 Å². The van der Waals surface area contributed by atoms with E-state index in [4.69, 9.17) is 0 Å². The van der Waals surface area contributed by atoms with Crippen molar-refractivity contribution in [3.63, 3.8) is 0 Å². The first-order valence-electron chi connectivity index (χ1n) is 8.39. The van der Waals surface area contributed by atoms with Gasteiger partial charge in [-0.3, -0.25) is 10.1 Å². The molecule has 114 valence electrons. The van der Waals surface area contributed by atoms with Gasteiger partial charge in [-0.2, -0.15) is 0 Å². The third-order valence-corrected chi connectivity index (χ3v) is 4.91. The van der Waals surface area contributed by atoms with Gasteiger partial charge in [-0.05, 0) is 37.2 Å². The van der Waals surface area contributed by atoms with Crippen LogP contribution in [0.25, 0.3) is 0 Å². The van der Waals surface area contributed by atoms with Crippen molar-refractivity contribution in [1.29, 1.82) is 0 Å². The van der Waals surface area contributed by atoms with Crippen LogP contribution in [-0.2, 0) is 11.2 Å². The molecule has 1 aliphatic heterocycles. The van der Waals surface area contributed by atoms with Crippen LogP contribution in [0.1, 0.15) is 44.1 Å². The summed E-state index contributed by atoms with van der Waals surface area (Å²) >= 11 is 0. The van der Waals surface area contributed by atoms with Gasteiger partial charge in [-0.1, -0.05) is 49.6 Å². The fraction of sp³-hybridized carbons (Fsp3) is 0.611. The van der Waals surface area contributed by atoms with Crippen molar-refractivity contribution in [2.24, 2.45) is 5.92 Å². The average molecular weight is 286 g/mol. The molecule has 1 saturated carbocycles. The van der Waals surface area contributed by atoms with E-state index in [0.717, 1.165) is 32.0 Å². The lowest BCUT2D eigenvalue weighted by Crippen LogP contribution is -2.34. The van der Waals surface area contributed by atoms with E-state index < -0.39 is 0 Å². The van der Waals surface area contributed by atoms with E-state index in [1.165, 1.54) is 37.7 Å². The number of amides is 1. The molecule has 0 bridgehead atoms. The van der Waals surface area contributed by atoms with Crippen molar-refractivity contribution in [3.8, 4) is 0 Å². The maximum atomic E-state index is 12.5. The van der Waals surface area contributed by atoms with E-state index in [-0.39, 0.29) is 6.04 Å². The monoisotopic (exact) mass is 286 g/mol. The fourth-order valence-electron chi connectivity index (χ4n) is 3.62. The zero-order valence-electron chi connectivity index (χ0n) is 12.8. The van der Waals surface area contributed by atoms with Gasteiger partial charge in [0.2, 0.25) is 5.91 Å². The Balaban J connectivity index is 1.47. The minimum Gasteiger partial charge on any atom is -0.328 e. The Labute approximate surface area is 127 Å². The second kappa shape index (κ2) is 7.08. The summed E-state index contributed by atoms with van der Waals surface area (Å²) in [5, 5.41) is 3.39. The van der Waals surface area contributed by atoms with Crippen molar-refractivity contribution >= 4 is 5.91 Å². The first kappa shape index (κ1) is 14.6. The predicted octanol–water partition coefficient (Wildman–Crippen LogP) is 2.96. The van der Waals surface area contributed by atoms with Crippen LogP contribution in [-0.4, -0.2) is 30.1 Å². The van der Waals surface area contributed by atoms with Crippen LogP contribution in [0.3, 0.4) is 0 Å². The number of nitrogens with zero attached hydrogens (tertiary/aromatic N) is 1. The number of rotatable bonds is 5. The topological polar surface area (TPSA) is 32.3 Å². The van der Waals surface area contributed by atoms with Gasteiger partial charge in [0, 0.05) is 6.54 Å². The van der Waals surface area contributed by atoms with E-state index in [9.17, 15) is 4.79 Å². The number of hydrogen-bond acceptors (Lipinski definition) is 2. The minimum absolute atomic E-state index is 0.0220. The summed E-state index contributed by atoms with van der Waals surface area (Å²) in [6, 6.07) is 10.5. The Morgan fingerprint density at radius 2 is 1.86 bits per heavy atom. The molecule has 1 saturated heterocycles. The molecule has 21 heavy (non-hydrogen) atoms. The average Bonchev–Trinajstić information content (AvgIpc) is 2.88. The molecule has 1 amide bonds. The van der Waals surface area contributed by atoms with Gasteiger partial charge >= 0.3 is 0 Å². The lowest BCUT2D eigenvalue weighted by atomic mass is 9.89. The summed E-state index contributed by atoms with van der Waals surface area (Å²) < 4.78 is 0. The van der Waals surface area contributed by atoms with Crippen molar-refractivity contribution in [2.45, 2.75) is 51.0 Å². The Morgan fingerprint density at radius 3 is 2.62 bits per heavy atom. The standard InChI is InChI=1S/C18H26N2O/c21-18-17(12-11-15-7-3-1-4-8-15)19-14-20(18)13-16-9-5-2-6-10-16/h1,3-4,7-8,16-17,19H,2,5-6,9-14H2. The van der Waals surface area contributed by atoms with Crippen molar-refractivity contribution < 1.29 is 4.79 Å². The third-order valence-electron chi connectivity index (χ3n) is 4.91. The largest absolute Gasteiger partial charge is 0.328 e. The lowest BCUT2D eigenvalue weighted by molar-refractivity contribution is -0.129. The Kier molecular flexibility index (Phi) is 4.91. The second-order valence-corrected chi connectivity index (χ2v) is 6.50. The molecule has 1 N–H and O–H groups in total. The molecular weight excluding hydrogens is 260 g/mol. The Hall–Kier alpha value is -1.35. The molecule has 0 radical (unpaired) electrons. The Morgan fingerprint density at radius 1 is 1.10 bits per heavy atom.